The minimum absolute atomic E-state index is 0.255. The van der Waals surface area contributed by atoms with Gasteiger partial charge < -0.3 is 30.3 Å². The van der Waals surface area contributed by atoms with E-state index in [9.17, 15) is 25.5 Å². The van der Waals surface area contributed by atoms with Crippen molar-refractivity contribution in [1.29, 1.82) is 0 Å². The molecule has 1 aliphatic rings. The molecule has 1 heterocycles. The molecule has 6 nitrogen and oxygen atoms in total. The molecule has 2 aromatic carbocycles. The van der Waals surface area contributed by atoms with Crippen LogP contribution in [0.1, 0.15) is 33.9 Å². The maximum Gasteiger partial charge on any atom is 0.113 e. The first kappa shape index (κ1) is 19.9. The second-order valence-electron chi connectivity index (χ2n) is 7.04. The summed E-state index contributed by atoms with van der Waals surface area (Å²) in [4.78, 5) is 0. The highest BCUT2D eigenvalue weighted by atomic mass is 16.5. The van der Waals surface area contributed by atoms with E-state index in [1.54, 1.807) is 6.07 Å². The Balaban J connectivity index is 1.95. The lowest BCUT2D eigenvalue weighted by atomic mass is 9.87. The normalized spacial score (nSPS) is 28.3. The van der Waals surface area contributed by atoms with Crippen LogP contribution in [-0.4, -0.2) is 56.6 Å². The molecule has 0 radical (unpaired) electrons. The van der Waals surface area contributed by atoms with Gasteiger partial charge in [0.1, 0.15) is 30.5 Å². The molecule has 0 amide bonds. The minimum Gasteiger partial charge on any atom is -0.394 e. The second-order valence-corrected chi connectivity index (χ2v) is 7.04. The van der Waals surface area contributed by atoms with Crippen LogP contribution in [0.3, 0.4) is 0 Å². The number of benzene rings is 2. The van der Waals surface area contributed by atoms with Gasteiger partial charge in [-0.1, -0.05) is 42.5 Å². The fourth-order valence-corrected chi connectivity index (χ4v) is 3.55. The van der Waals surface area contributed by atoms with Crippen molar-refractivity contribution in [1.82, 2.24) is 0 Å². The standard InChI is InChI=1S/C21H26O6/c1-12-4-2-3-5-14(12)8-13-6-7-15(10-22)16(9-13)21-20(26)19(25)18(24)17(11-23)27-21/h2-7,9,17-26H,8,10-11H2,1H3/t17-,18-,19+,20-,21+/m1/s1. The summed E-state index contributed by atoms with van der Waals surface area (Å²) in [6, 6.07) is 13.6. The van der Waals surface area contributed by atoms with E-state index < -0.39 is 37.1 Å². The highest BCUT2D eigenvalue weighted by Gasteiger charge is 2.44. The summed E-state index contributed by atoms with van der Waals surface area (Å²) in [5.74, 6) is 0. The lowest BCUT2D eigenvalue weighted by Gasteiger charge is -2.40. The fourth-order valence-electron chi connectivity index (χ4n) is 3.55. The van der Waals surface area contributed by atoms with Crippen LogP contribution in [0.15, 0.2) is 42.5 Å². The predicted octanol–water partition coefficient (Wildman–Crippen LogP) is 0.593. The van der Waals surface area contributed by atoms with Gasteiger partial charge in [-0.3, -0.25) is 0 Å². The first-order valence-electron chi connectivity index (χ1n) is 9.03. The van der Waals surface area contributed by atoms with Crippen molar-refractivity contribution in [2.24, 2.45) is 0 Å². The molecule has 3 rings (SSSR count). The van der Waals surface area contributed by atoms with E-state index in [0.29, 0.717) is 17.5 Å². The molecule has 0 saturated carbocycles. The Kier molecular flexibility index (Phi) is 6.26. The van der Waals surface area contributed by atoms with Gasteiger partial charge in [-0.2, -0.15) is 0 Å². The Hall–Kier alpha value is -1.80. The van der Waals surface area contributed by atoms with Crippen LogP contribution in [-0.2, 0) is 17.8 Å². The largest absolute Gasteiger partial charge is 0.394 e. The van der Waals surface area contributed by atoms with E-state index in [0.717, 1.165) is 16.7 Å². The lowest BCUT2D eigenvalue weighted by Crippen LogP contribution is -2.55. The van der Waals surface area contributed by atoms with Gasteiger partial charge in [-0.15, -0.1) is 0 Å². The molecule has 6 heteroatoms. The van der Waals surface area contributed by atoms with E-state index in [-0.39, 0.29) is 6.61 Å². The lowest BCUT2D eigenvalue weighted by molar-refractivity contribution is -0.232. The van der Waals surface area contributed by atoms with Crippen molar-refractivity contribution < 1.29 is 30.3 Å². The molecule has 0 aliphatic carbocycles. The number of hydrogen-bond acceptors (Lipinski definition) is 6. The van der Waals surface area contributed by atoms with Crippen molar-refractivity contribution in [2.75, 3.05) is 6.61 Å². The number of aliphatic hydroxyl groups is 5. The van der Waals surface area contributed by atoms with Crippen molar-refractivity contribution in [3.63, 3.8) is 0 Å². The molecule has 27 heavy (non-hydrogen) atoms. The number of aliphatic hydroxyl groups excluding tert-OH is 5. The zero-order valence-electron chi connectivity index (χ0n) is 15.2. The molecule has 0 spiro atoms. The minimum atomic E-state index is -1.45. The van der Waals surface area contributed by atoms with Gasteiger partial charge in [-0.05, 0) is 41.2 Å². The van der Waals surface area contributed by atoms with Crippen LogP contribution in [0.2, 0.25) is 0 Å². The van der Waals surface area contributed by atoms with E-state index >= 15 is 0 Å². The molecule has 1 aliphatic heterocycles. The molecule has 0 unspecified atom stereocenters. The van der Waals surface area contributed by atoms with Gasteiger partial charge >= 0.3 is 0 Å². The van der Waals surface area contributed by atoms with Crippen molar-refractivity contribution in [3.8, 4) is 0 Å². The Morgan fingerprint density at radius 2 is 1.63 bits per heavy atom. The summed E-state index contributed by atoms with van der Waals surface area (Å²) in [5, 5.41) is 49.6. The van der Waals surface area contributed by atoms with Crippen LogP contribution in [0.5, 0.6) is 0 Å². The van der Waals surface area contributed by atoms with Crippen LogP contribution in [0.25, 0.3) is 0 Å². The molecule has 1 fully saturated rings. The molecule has 5 N–H and O–H groups in total. The average molecular weight is 374 g/mol. The Morgan fingerprint density at radius 1 is 0.889 bits per heavy atom. The summed E-state index contributed by atoms with van der Waals surface area (Å²) in [7, 11) is 0. The zero-order valence-corrected chi connectivity index (χ0v) is 15.2. The molecule has 0 bridgehead atoms. The van der Waals surface area contributed by atoms with Crippen LogP contribution in [0, 0.1) is 6.92 Å². The molecule has 0 aromatic heterocycles. The Morgan fingerprint density at radius 3 is 2.30 bits per heavy atom. The van der Waals surface area contributed by atoms with E-state index in [4.69, 9.17) is 4.74 Å². The molecule has 1 saturated heterocycles. The summed E-state index contributed by atoms with van der Waals surface area (Å²) in [6.07, 6.45) is -5.51. The van der Waals surface area contributed by atoms with E-state index in [2.05, 4.69) is 0 Å². The average Bonchev–Trinajstić information content (AvgIpc) is 2.68. The molecule has 5 atom stereocenters. The SMILES string of the molecule is Cc1ccccc1Cc1ccc(CO)c([C@@H]2O[C@H](CO)[C@@H](O)[C@H](O)[C@H]2O)c1. The monoisotopic (exact) mass is 374 g/mol. The van der Waals surface area contributed by atoms with Crippen LogP contribution in [0.4, 0.5) is 0 Å². The second kappa shape index (κ2) is 8.48. The van der Waals surface area contributed by atoms with Gasteiger partial charge in [0, 0.05) is 0 Å². The number of rotatable bonds is 5. The molecular weight excluding hydrogens is 348 g/mol. The summed E-state index contributed by atoms with van der Waals surface area (Å²) in [5.41, 5.74) is 4.40. The number of hydrogen-bond donors (Lipinski definition) is 5. The number of aryl methyl sites for hydroxylation is 1. The first-order valence-corrected chi connectivity index (χ1v) is 9.03. The van der Waals surface area contributed by atoms with E-state index in [1.165, 1.54) is 0 Å². The molecule has 146 valence electrons. The third kappa shape index (κ3) is 4.06. The maximum atomic E-state index is 10.4. The maximum absolute atomic E-state index is 10.4. The van der Waals surface area contributed by atoms with Gasteiger partial charge in [0.05, 0.1) is 13.2 Å². The highest BCUT2D eigenvalue weighted by Crippen LogP contribution is 2.35. The topological polar surface area (TPSA) is 110 Å². The quantitative estimate of drug-likeness (QED) is 0.524. The van der Waals surface area contributed by atoms with Gasteiger partial charge in [-0.25, -0.2) is 0 Å². The molecule has 2 aromatic rings. The van der Waals surface area contributed by atoms with E-state index in [1.807, 2.05) is 43.3 Å². The summed E-state index contributed by atoms with van der Waals surface area (Å²) < 4.78 is 5.67. The van der Waals surface area contributed by atoms with Gasteiger partial charge in [0.25, 0.3) is 0 Å². The van der Waals surface area contributed by atoms with Crippen LogP contribution >= 0.6 is 0 Å². The first-order chi connectivity index (χ1) is 13.0. The Bertz CT molecular complexity index is 775. The Labute approximate surface area is 158 Å². The van der Waals surface area contributed by atoms with Crippen molar-refractivity contribution >= 4 is 0 Å². The molecular formula is C21H26O6. The van der Waals surface area contributed by atoms with Crippen molar-refractivity contribution in [3.05, 3.63) is 70.3 Å². The predicted molar refractivity (Wildman–Crippen MR) is 99.1 cm³/mol. The van der Waals surface area contributed by atoms with Gasteiger partial charge in [0.2, 0.25) is 0 Å². The zero-order chi connectivity index (χ0) is 19.6. The van der Waals surface area contributed by atoms with Gasteiger partial charge in [0.15, 0.2) is 0 Å². The third-order valence-corrected chi connectivity index (χ3v) is 5.24. The third-order valence-electron chi connectivity index (χ3n) is 5.24. The van der Waals surface area contributed by atoms with Crippen molar-refractivity contribution in [2.45, 2.75) is 50.5 Å². The smallest absolute Gasteiger partial charge is 0.113 e. The number of ether oxygens (including phenoxy) is 1. The summed E-state index contributed by atoms with van der Waals surface area (Å²) in [6.45, 7) is 1.30. The summed E-state index contributed by atoms with van der Waals surface area (Å²) >= 11 is 0. The highest BCUT2D eigenvalue weighted by molar-refractivity contribution is 5.38. The fraction of sp³-hybridized carbons (Fsp3) is 0.429. The van der Waals surface area contributed by atoms with Crippen LogP contribution < -0.4 is 0 Å².